The summed E-state index contributed by atoms with van der Waals surface area (Å²) in [6.45, 7) is 4.05. The van der Waals surface area contributed by atoms with E-state index in [1.807, 2.05) is 0 Å². The predicted octanol–water partition coefficient (Wildman–Crippen LogP) is 1.52. The van der Waals surface area contributed by atoms with Crippen LogP contribution in [0, 0.1) is 0 Å². The SMILES string of the molecule is C=C(Cl)CNc1ncnc2[nH]ncc12. The molecule has 5 nitrogen and oxygen atoms in total. The maximum absolute atomic E-state index is 5.63. The fraction of sp³-hybridized carbons (Fsp3) is 0.125. The van der Waals surface area contributed by atoms with E-state index in [1.54, 1.807) is 6.20 Å². The third-order valence-corrected chi connectivity index (χ3v) is 1.83. The van der Waals surface area contributed by atoms with Crippen molar-refractivity contribution >= 4 is 28.5 Å². The van der Waals surface area contributed by atoms with Crippen LogP contribution in [0.3, 0.4) is 0 Å². The predicted molar refractivity (Wildman–Crippen MR) is 55.2 cm³/mol. The summed E-state index contributed by atoms with van der Waals surface area (Å²) in [6, 6.07) is 0. The van der Waals surface area contributed by atoms with Crippen LogP contribution in [0.1, 0.15) is 0 Å². The summed E-state index contributed by atoms with van der Waals surface area (Å²) in [6.07, 6.45) is 3.12. The van der Waals surface area contributed by atoms with Gasteiger partial charge in [-0.05, 0) is 0 Å². The molecule has 0 amide bonds. The summed E-state index contributed by atoms with van der Waals surface area (Å²) < 4.78 is 0. The Balaban J connectivity index is 2.32. The first-order chi connectivity index (χ1) is 6.77. The van der Waals surface area contributed by atoms with E-state index in [0.29, 0.717) is 23.0 Å². The molecule has 6 heteroatoms. The monoisotopic (exact) mass is 209 g/mol. The van der Waals surface area contributed by atoms with Crippen molar-refractivity contribution in [1.29, 1.82) is 0 Å². The third-order valence-electron chi connectivity index (χ3n) is 1.70. The van der Waals surface area contributed by atoms with Gasteiger partial charge in [0.1, 0.15) is 12.1 Å². The number of hydrogen-bond acceptors (Lipinski definition) is 4. The molecular formula is C8H8ClN5. The van der Waals surface area contributed by atoms with Crippen LogP contribution < -0.4 is 5.32 Å². The number of H-pyrrole nitrogens is 1. The van der Waals surface area contributed by atoms with Crippen LogP contribution in [0.2, 0.25) is 0 Å². The Hall–Kier alpha value is -1.62. The number of halogens is 1. The van der Waals surface area contributed by atoms with Gasteiger partial charge in [0.15, 0.2) is 5.65 Å². The highest BCUT2D eigenvalue weighted by atomic mass is 35.5. The Kier molecular flexibility index (Phi) is 2.32. The minimum atomic E-state index is 0.471. The molecule has 0 saturated heterocycles. The molecule has 0 aliphatic heterocycles. The van der Waals surface area contributed by atoms with E-state index in [2.05, 4.69) is 32.1 Å². The lowest BCUT2D eigenvalue weighted by Gasteiger charge is -2.03. The van der Waals surface area contributed by atoms with Gasteiger partial charge in [0, 0.05) is 5.03 Å². The van der Waals surface area contributed by atoms with E-state index in [1.165, 1.54) is 6.33 Å². The molecule has 2 aromatic rings. The van der Waals surface area contributed by atoms with E-state index in [-0.39, 0.29) is 0 Å². The van der Waals surface area contributed by atoms with Crippen LogP contribution >= 0.6 is 11.6 Å². The standard InChI is InChI=1S/C8H8ClN5/c1-5(9)2-10-7-6-3-13-14-8(6)12-4-11-7/h3-4H,1-2H2,(H2,10,11,12,13,14). The van der Waals surface area contributed by atoms with Crippen molar-refractivity contribution in [2.75, 3.05) is 11.9 Å². The second-order valence-corrected chi connectivity index (χ2v) is 3.26. The van der Waals surface area contributed by atoms with Gasteiger partial charge in [-0.1, -0.05) is 18.2 Å². The van der Waals surface area contributed by atoms with Gasteiger partial charge in [0.05, 0.1) is 18.1 Å². The maximum Gasteiger partial charge on any atom is 0.160 e. The number of aromatic amines is 1. The molecule has 0 fully saturated rings. The summed E-state index contributed by atoms with van der Waals surface area (Å²) in [4.78, 5) is 8.07. The van der Waals surface area contributed by atoms with Gasteiger partial charge in [0.2, 0.25) is 0 Å². The molecular weight excluding hydrogens is 202 g/mol. The lowest BCUT2D eigenvalue weighted by molar-refractivity contribution is 1.09. The van der Waals surface area contributed by atoms with E-state index in [0.717, 1.165) is 5.39 Å². The largest absolute Gasteiger partial charge is 0.364 e. The molecule has 2 heterocycles. The van der Waals surface area contributed by atoms with Crippen LogP contribution in [-0.4, -0.2) is 26.7 Å². The number of hydrogen-bond donors (Lipinski definition) is 2. The molecule has 0 spiro atoms. The minimum Gasteiger partial charge on any atom is -0.364 e. The molecule has 2 aromatic heterocycles. The molecule has 2 N–H and O–H groups in total. The molecule has 0 saturated carbocycles. The van der Waals surface area contributed by atoms with Crippen molar-refractivity contribution in [2.45, 2.75) is 0 Å². The van der Waals surface area contributed by atoms with Gasteiger partial charge in [-0.15, -0.1) is 0 Å². The van der Waals surface area contributed by atoms with Gasteiger partial charge in [-0.2, -0.15) is 5.10 Å². The van der Waals surface area contributed by atoms with Crippen LogP contribution in [0.4, 0.5) is 5.82 Å². The fourth-order valence-corrected chi connectivity index (χ4v) is 1.15. The normalized spacial score (nSPS) is 10.4. The number of nitrogens with zero attached hydrogens (tertiary/aromatic N) is 3. The third kappa shape index (κ3) is 1.67. The highest BCUT2D eigenvalue weighted by Crippen LogP contribution is 2.16. The Morgan fingerprint density at radius 3 is 3.21 bits per heavy atom. The van der Waals surface area contributed by atoms with E-state index in [9.17, 15) is 0 Å². The van der Waals surface area contributed by atoms with Crippen LogP contribution in [0.15, 0.2) is 24.1 Å². The molecule has 0 unspecified atom stereocenters. The smallest absolute Gasteiger partial charge is 0.160 e. The second kappa shape index (κ2) is 3.63. The van der Waals surface area contributed by atoms with Gasteiger partial charge in [0.25, 0.3) is 0 Å². The van der Waals surface area contributed by atoms with Crippen LogP contribution in [0.5, 0.6) is 0 Å². The number of aromatic nitrogens is 4. The van der Waals surface area contributed by atoms with E-state index < -0.39 is 0 Å². The number of anilines is 1. The zero-order valence-electron chi connectivity index (χ0n) is 7.29. The first kappa shape index (κ1) is 8.96. The zero-order chi connectivity index (χ0) is 9.97. The average Bonchev–Trinajstić information content (AvgIpc) is 2.62. The highest BCUT2D eigenvalue weighted by molar-refractivity contribution is 6.29. The van der Waals surface area contributed by atoms with Crippen molar-refractivity contribution < 1.29 is 0 Å². The van der Waals surface area contributed by atoms with Gasteiger partial charge in [-0.3, -0.25) is 5.10 Å². The lowest BCUT2D eigenvalue weighted by Crippen LogP contribution is -2.03. The summed E-state index contributed by atoms with van der Waals surface area (Å²) in [5.41, 5.74) is 0.697. The Morgan fingerprint density at radius 2 is 2.43 bits per heavy atom. The molecule has 14 heavy (non-hydrogen) atoms. The minimum absolute atomic E-state index is 0.471. The molecule has 2 rings (SSSR count). The fourth-order valence-electron chi connectivity index (χ4n) is 1.09. The molecule has 0 aliphatic carbocycles. The van der Waals surface area contributed by atoms with Crippen molar-refractivity contribution in [1.82, 2.24) is 20.2 Å². The summed E-state index contributed by atoms with van der Waals surface area (Å²) in [5.74, 6) is 0.700. The highest BCUT2D eigenvalue weighted by Gasteiger charge is 2.03. The maximum atomic E-state index is 5.63. The molecule has 0 aliphatic rings. The molecule has 72 valence electrons. The first-order valence-electron chi connectivity index (χ1n) is 3.98. The Morgan fingerprint density at radius 1 is 1.57 bits per heavy atom. The van der Waals surface area contributed by atoms with Gasteiger partial charge >= 0.3 is 0 Å². The lowest BCUT2D eigenvalue weighted by atomic mass is 10.4. The first-order valence-corrected chi connectivity index (χ1v) is 4.36. The quantitative estimate of drug-likeness (QED) is 0.805. The van der Waals surface area contributed by atoms with E-state index in [4.69, 9.17) is 11.6 Å². The van der Waals surface area contributed by atoms with E-state index >= 15 is 0 Å². The number of nitrogens with one attached hydrogen (secondary N) is 2. The summed E-state index contributed by atoms with van der Waals surface area (Å²) in [5, 5.41) is 11.0. The number of rotatable bonds is 3. The molecule has 0 atom stereocenters. The van der Waals surface area contributed by atoms with Crippen molar-refractivity contribution in [3.05, 3.63) is 24.1 Å². The van der Waals surface area contributed by atoms with Crippen molar-refractivity contribution in [3.8, 4) is 0 Å². The average molecular weight is 210 g/mol. The van der Waals surface area contributed by atoms with Crippen molar-refractivity contribution in [2.24, 2.45) is 0 Å². The second-order valence-electron chi connectivity index (χ2n) is 2.73. The Bertz CT molecular complexity index is 463. The Labute approximate surface area is 85.2 Å². The summed E-state index contributed by atoms with van der Waals surface area (Å²) >= 11 is 5.63. The van der Waals surface area contributed by atoms with Crippen LogP contribution in [-0.2, 0) is 0 Å². The molecule has 0 radical (unpaired) electrons. The number of fused-ring (bicyclic) bond motifs is 1. The van der Waals surface area contributed by atoms with Crippen LogP contribution in [0.25, 0.3) is 11.0 Å². The van der Waals surface area contributed by atoms with Gasteiger partial charge < -0.3 is 5.32 Å². The molecule has 0 aromatic carbocycles. The molecule has 0 bridgehead atoms. The topological polar surface area (TPSA) is 66.5 Å². The zero-order valence-corrected chi connectivity index (χ0v) is 8.04. The van der Waals surface area contributed by atoms with Gasteiger partial charge in [-0.25, -0.2) is 9.97 Å². The summed E-state index contributed by atoms with van der Waals surface area (Å²) in [7, 11) is 0. The van der Waals surface area contributed by atoms with Crippen molar-refractivity contribution in [3.63, 3.8) is 0 Å².